The van der Waals surface area contributed by atoms with Gasteiger partial charge in [-0.15, -0.1) is 12.4 Å². The quantitative estimate of drug-likeness (QED) is 0.546. The number of halogens is 2. The maximum absolute atomic E-state index is 13.0. The van der Waals surface area contributed by atoms with E-state index in [4.69, 9.17) is 10.8 Å². The number of aliphatic hydroxyl groups excluding tert-OH is 1. The Hall–Kier alpha value is -1.44. The average molecular weight is 253 g/mol. The summed E-state index contributed by atoms with van der Waals surface area (Å²) in [6.07, 6.45) is 0. The lowest BCUT2D eigenvalue weighted by Gasteiger charge is -2.10. The fourth-order valence-electron chi connectivity index (χ4n) is 1.09. The van der Waals surface area contributed by atoms with Crippen LogP contribution in [0.15, 0.2) is 12.1 Å². The molecule has 0 aliphatic carbocycles. The van der Waals surface area contributed by atoms with Gasteiger partial charge in [0.1, 0.15) is 0 Å². The molecule has 1 atom stereocenters. The smallest absolute Gasteiger partial charge is 0.272 e. The molecule has 0 bridgehead atoms. The third-order valence-electron chi connectivity index (χ3n) is 1.88. The first-order valence-electron chi connectivity index (χ1n) is 4.00. The van der Waals surface area contributed by atoms with E-state index >= 15 is 0 Å². The van der Waals surface area contributed by atoms with Crippen molar-refractivity contribution in [2.45, 2.75) is 6.04 Å². The second-order valence-corrected chi connectivity index (χ2v) is 2.91. The van der Waals surface area contributed by atoms with Gasteiger partial charge in [0.15, 0.2) is 11.6 Å². The van der Waals surface area contributed by atoms with E-state index in [9.17, 15) is 19.6 Å². The second kappa shape index (κ2) is 5.59. The van der Waals surface area contributed by atoms with Gasteiger partial charge in [0, 0.05) is 11.6 Å². The number of nitro benzene ring substituents is 1. The zero-order chi connectivity index (χ0) is 11.6. The summed E-state index contributed by atoms with van der Waals surface area (Å²) < 4.78 is 13.0. The molecule has 0 saturated carbocycles. The Morgan fingerprint density at radius 2 is 2.12 bits per heavy atom. The molecule has 1 aromatic rings. The third-order valence-corrected chi connectivity index (χ3v) is 1.88. The lowest BCUT2D eigenvalue weighted by molar-refractivity contribution is -0.385. The highest BCUT2D eigenvalue weighted by atomic mass is 35.5. The minimum atomic E-state index is -1.14. The molecule has 0 aromatic heterocycles. The van der Waals surface area contributed by atoms with Gasteiger partial charge in [-0.25, -0.2) is 4.39 Å². The molecule has 16 heavy (non-hydrogen) atoms. The summed E-state index contributed by atoms with van der Waals surface area (Å²) in [5, 5.41) is 28.3. The summed E-state index contributed by atoms with van der Waals surface area (Å²) in [5.74, 6) is -1.91. The molecule has 0 aliphatic rings. The van der Waals surface area contributed by atoms with Crippen LogP contribution in [0.3, 0.4) is 0 Å². The maximum atomic E-state index is 13.0. The lowest BCUT2D eigenvalue weighted by atomic mass is 10.1. The lowest BCUT2D eigenvalue weighted by Crippen LogP contribution is -2.15. The van der Waals surface area contributed by atoms with Gasteiger partial charge in [-0.2, -0.15) is 0 Å². The maximum Gasteiger partial charge on any atom is 0.272 e. The number of rotatable bonds is 3. The zero-order valence-electron chi connectivity index (χ0n) is 7.96. The van der Waals surface area contributed by atoms with Crippen LogP contribution in [-0.2, 0) is 0 Å². The number of hydrogen-bond donors (Lipinski definition) is 3. The minimum absolute atomic E-state index is 0. The van der Waals surface area contributed by atoms with E-state index in [2.05, 4.69) is 0 Å². The molecule has 0 unspecified atom stereocenters. The van der Waals surface area contributed by atoms with Crippen LogP contribution in [0, 0.1) is 15.9 Å². The monoisotopic (exact) mass is 252 g/mol. The molecule has 6 nitrogen and oxygen atoms in total. The molecule has 0 saturated heterocycles. The van der Waals surface area contributed by atoms with Gasteiger partial charge < -0.3 is 15.9 Å². The summed E-state index contributed by atoms with van der Waals surface area (Å²) >= 11 is 0. The van der Waals surface area contributed by atoms with Crippen molar-refractivity contribution in [1.29, 1.82) is 0 Å². The third kappa shape index (κ3) is 2.78. The van der Waals surface area contributed by atoms with Gasteiger partial charge in [0.2, 0.25) is 0 Å². The Kier molecular flexibility index (Phi) is 5.09. The number of non-ortho nitro benzene ring substituents is 1. The van der Waals surface area contributed by atoms with Gasteiger partial charge in [0.25, 0.3) is 5.69 Å². The number of phenolic OH excluding ortho intramolecular Hbond substituents is 1. The second-order valence-electron chi connectivity index (χ2n) is 2.91. The van der Waals surface area contributed by atoms with E-state index in [-0.39, 0.29) is 18.0 Å². The summed E-state index contributed by atoms with van der Waals surface area (Å²) in [6, 6.07) is 0.460. The Balaban J connectivity index is 0.00000225. The van der Waals surface area contributed by atoms with Crippen molar-refractivity contribution < 1.29 is 19.5 Å². The summed E-state index contributed by atoms with van der Waals surface area (Å²) in [6.45, 7) is -0.547. The first kappa shape index (κ1) is 14.6. The van der Waals surface area contributed by atoms with E-state index in [1.807, 2.05) is 0 Å². The molecule has 1 aromatic carbocycles. The van der Waals surface area contributed by atoms with Gasteiger partial charge in [-0.1, -0.05) is 0 Å². The highest BCUT2D eigenvalue weighted by molar-refractivity contribution is 5.85. The van der Waals surface area contributed by atoms with Crippen molar-refractivity contribution in [2.75, 3.05) is 6.61 Å². The van der Waals surface area contributed by atoms with Crippen LogP contribution in [0.5, 0.6) is 5.75 Å². The zero-order valence-corrected chi connectivity index (χ0v) is 8.78. The van der Waals surface area contributed by atoms with Crippen molar-refractivity contribution in [3.05, 3.63) is 33.6 Å². The Morgan fingerprint density at radius 1 is 1.56 bits per heavy atom. The van der Waals surface area contributed by atoms with Gasteiger partial charge in [-0.3, -0.25) is 10.1 Å². The summed E-state index contributed by atoms with van der Waals surface area (Å²) in [7, 11) is 0. The standard InChI is InChI=1S/C8H9FN2O4.ClH/c9-6-2-4(11(14)15)1-5(8(6)13)7(10)3-12;/h1-2,7,12-13H,3,10H2;1H/t7-;/m0./s1. The average Bonchev–Trinajstić information content (AvgIpc) is 2.20. The van der Waals surface area contributed by atoms with Crippen LogP contribution < -0.4 is 5.73 Å². The number of nitrogens with two attached hydrogens (primary N) is 1. The SMILES string of the molecule is Cl.N[C@@H](CO)c1cc([N+](=O)[O-])cc(F)c1O. The predicted octanol–water partition coefficient (Wildman–Crippen LogP) is 0.853. The largest absolute Gasteiger partial charge is 0.505 e. The minimum Gasteiger partial charge on any atom is -0.505 e. The van der Waals surface area contributed by atoms with E-state index in [1.54, 1.807) is 0 Å². The normalized spacial score (nSPS) is 11.7. The predicted molar refractivity (Wildman–Crippen MR) is 56.0 cm³/mol. The Bertz CT molecular complexity index is 402. The topological polar surface area (TPSA) is 110 Å². The summed E-state index contributed by atoms with van der Waals surface area (Å²) in [5.41, 5.74) is 4.62. The van der Waals surface area contributed by atoms with Crippen molar-refractivity contribution in [1.82, 2.24) is 0 Å². The highest BCUT2D eigenvalue weighted by Gasteiger charge is 2.19. The molecule has 4 N–H and O–H groups in total. The number of nitro groups is 1. The van der Waals surface area contributed by atoms with Gasteiger partial charge in [0.05, 0.1) is 23.6 Å². The number of aliphatic hydroxyl groups is 1. The highest BCUT2D eigenvalue weighted by Crippen LogP contribution is 2.30. The molecule has 0 amide bonds. The number of nitrogens with zero attached hydrogens (tertiary/aromatic N) is 1. The van der Waals surface area contributed by atoms with Crippen molar-refractivity contribution in [2.24, 2.45) is 5.73 Å². The number of benzene rings is 1. The molecular formula is C8H10ClFN2O4. The van der Waals surface area contributed by atoms with Crippen LogP contribution in [-0.4, -0.2) is 21.7 Å². The van der Waals surface area contributed by atoms with Crippen LogP contribution >= 0.6 is 12.4 Å². The molecule has 0 aliphatic heterocycles. The van der Waals surface area contributed by atoms with Gasteiger partial charge in [-0.05, 0) is 0 Å². The number of phenols is 1. The first-order valence-corrected chi connectivity index (χ1v) is 4.00. The molecule has 0 radical (unpaired) electrons. The van der Waals surface area contributed by atoms with Crippen LogP contribution in [0.25, 0.3) is 0 Å². The van der Waals surface area contributed by atoms with Gasteiger partial charge >= 0.3 is 0 Å². The van der Waals surface area contributed by atoms with Crippen molar-refractivity contribution in [3.63, 3.8) is 0 Å². The van der Waals surface area contributed by atoms with E-state index < -0.39 is 34.8 Å². The van der Waals surface area contributed by atoms with Crippen molar-refractivity contribution in [3.8, 4) is 5.75 Å². The van der Waals surface area contributed by atoms with Crippen LogP contribution in [0.1, 0.15) is 11.6 Å². The molecule has 0 heterocycles. The van der Waals surface area contributed by atoms with Crippen LogP contribution in [0.4, 0.5) is 10.1 Å². The molecular weight excluding hydrogens is 243 g/mol. The van der Waals surface area contributed by atoms with E-state index in [0.717, 1.165) is 6.07 Å². The first-order chi connectivity index (χ1) is 6.97. The van der Waals surface area contributed by atoms with E-state index in [1.165, 1.54) is 0 Å². The number of aromatic hydroxyl groups is 1. The summed E-state index contributed by atoms with van der Waals surface area (Å²) in [4.78, 5) is 9.57. The molecule has 0 spiro atoms. The fourth-order valence-corrected chi connectivity index (χ4v) is 1.09. The molecule has 1 rings (SSSR count). The van der Waals surface area contributed by atoms with E-state index in [0.29, 0.717) is 6.07 Å². The van der Waals surface area contributed by atoms with Crippen LogP contribution in [0.2, 0.25) is 0 Å². The van der Waals surface area contributed by atoms with Crippen molar-refractivity contribution >= 4 is 18.1 Å². The molecule has 8 heteroatoms. The Labute approximate surface area is 96.1 Å². The fraction of sp³-hybridized carbons (Fsp3) is 0.250. The number of hydrogen-bond acceptors (Lipinski definition) is 5. The molecule has 0 fully saturated rings. The Morgan fingerprint density at radius 3 is 2.56 bits per heavy atom. The molecule has 90 valence electrons.